The van der Waals surface area contributed by atoms with Crippen LogP contribution in [0, 0.1) is 0 Å². The Hall–Kier alpha value is -1.74. The van der Waals surface area contributed by atoms with Crippen molar-refractivity contribution >= 4 is 11.6 Å². The van der Waals surface area contributed by atoms with Gasteiger partial charge in [0.25, 0.3) is 5.56 Å². The van der Waals surface area contributed by atoms with Crippen molar-refractivity contribution in [1.29, 1.82) is 0 Å². The minimum absolute atomic E-state index is 0.0470. The first-order chi connectivity index (χ1) is 8.66. The highest BCUT2D eigenvalue weighted by Gasteiger charge is 2.18. The lowest BCUT2D eigenvalue weighted by molar-refractivity contribution is 0.423. The van der Waals surface area contributed by atoms with E-state index in [2.05, 4.69) is 0 Å². The Bertz CT molecular complexity index is 659. The number of nitrogens with zero attached hydrogens (tertiary/aromatic N) is 1. The smallest absolute Gasteiger partial charge is 0.261 e. The molecule has 1 aromatic carbocycles. The van der Waals surface area contributed by atoms with Gasteiger partial charge < -0.3 is 5.11 Å². The molecule has 2 bridgehead atoms. The molecule has 0 saturated heterocycles. The molecule has 0 fully saturated rings. The maximum Gasteiger partial charge on any atom is 0.261 e. The summed E-state index contributed by atoms with van der Waals surface area (Å²) in [6, 6.07) is 8.70. The quantitative estimate of drug-likeness (QED) is 0.858. The Kier molecular flexibility index (Phi) is 2.63. The SMILES string of the molecule is O=c1c2cc(c(O)n1-c1ccc(Cl)cc1)CCC2. The van der Waals surface area contributed by atoms with Gasteiger partial charge in [-0.2, -0.15) is 0 Å². The molecule has 1 aliphatic rings. The lowest BCUT2D eigenvalue weighted by Crippen LogP contribution is -2.25. The van der Waals surface area contributed by atoms with E-state index in [1.54, 1.807) is 24.3 Å². The summed E-state index contributed by atoms with van der Waals surface area (Å²) in [5, 5.41) is 10.8. The Morgan fingerprint density at radius 3 is 2.50 bits per heavy atom. The molecule has 18 heavy (non-hydrogen) atoms. The van der Waals surface area contributed by atoms with Crippen molar-refractivity contribution in [2.75, 3.05) is 0 Å². The van der Waals surface area contributed by atoms with Crippen LogP contribution < -0.4 is 5.56 Å². The van der Waals surface area contributed by atoms with Gasteiger partial charge in [-0.25, -0.2) is 4.57 Å². The minimum atomic E-state index is -0.140. The van der Waals surface area contributed by atoms with E-state index >= 15 is 0 Å². The van der Waals surface area contributed by atoms with E-state index in [-0.39, 0.29) is 11.4 Å². The summed E-state index contributed by atoms with van der Waals surface area (Å²) in [6.07, 6.45) is 2.51. The molecule has 0 atom stereocenters. The maximum atomic E-state index is 12.3. The fourth-order valence-electron chi connectivity index (χ4n) is 2.38. The van der Waals surface area contributed by atoms with E-state index < -0.39 is 0 Å². The van der Waals surface area contributed by atoms with Crippen molar-refractivity contribution < 1.29 is 5.11 Å². The third-order valence-corrected chi connectivity index (χ3v) is 3.55. The van der Waals surface area contributed by atoms with Gasteiger partial charge in [0, 0.05) is 16.1 Å². The van der Waals surface area contributed by atoms with Crippen LogP contribution in [0.15, 0.2) is 35.1 Å². The summed E-state index contributed by atoms with van der Waals surface area (Å²) in [4.78, 5) is 12.3. The van der Waals surface area contributed by atoms with Crippen molar-refractivity contribution in [2.45, 2.75) is 19.3 Å². The van der Waals surface area contributed by atoms with Gasteiger partial charge in [-0.3, -0.25) is 4.79 Å². The monoisotopic (exact) mass is 261 g/mol. The average molecular weight is 262 g/mol. The molecule has 3 nitrogen and oxygen atoms in total. The highest BCUT2D eigenvalue weighted by molar-refractivity contribution is 6.30. The van der Waals surface area contributed by atoms with Crippen molar-refractivity contribution in [3.63, 3.8) is 0 Å². The number of rotatable bonds is 1. The van der Waals surface area contributed by atoms with Crippen LogP contribution in [0.25, 0.3) is 5.69 Å². The molecule has 0 unspecified atom stereocenters. The van der Waals surface area contributed by atoms with Crippen molar-refractivity contribution in [1.82, 2.24) is 4.57 Å². The van der Waals surface area contributed by atoms with E-state index in [9.17, 15) is 9.90 Å². The molecule has 1 aromatic heterocycles. The van der Waals surface area contributed by atoms with Crippen molar-refractivity contribution in [3.8, 4) is 11.6 Å². The zero-order valence-corrected chi connectivity index (χ0v) is 10.4. The molecule has 3 rings (SSSR count). The first-order valence-corrected chi connectivity index (χ1v) is 6.27. The molecule has 2 aromatic rings. The Labute approximate surface area is 109 Å². The largest absolute Gasteiger partial charge is 0.494 e. The Morgan fingerprint density at radius 1 is 1.11 bits per heavy atom. The van der Waals surface area contributed by atoms with Gasteiger partial charge >= 0.3 is 0 Å². The van der Waals surface area contributed by atoms with E-state index in [1.165, 1.54) is 4.57 Å². The average Bonchev–Trinajstić information content (AvgIpc) is 2.40. The zero-order chi connectivity index (χ0) is 12.7. The van der Waals surface area contributed by atoms with E-state index in [0.717, 1.165) is 30.4 Å². The second kappa shape index (κ2) is 4.18. The number of benzene rings is 1. The van der Waals surface area contributed by atoms with Crippen molar-refractivity contribution in [2.24, 2.45) is 0 Å². The minimum Gasteiger partial charge on any atom is -0.494 e. The van der Waals surface area contributed by atoms with Crippen LogP contribution in [0.4, 0.5) is 0 Å². The molecule has 1 aliphatic carbocycles. The normalized spacial score (nSPS) is 13.6. The molecule has 0 amide bonds. The van der Waals surface area contributed by atoms with Crippen LogP contribution in [0.5, 0.6) is 5.88 Å². The predicted molar refractivity (Wildman–Crippen MR) is 70.7 cm³/mol. The fourth-order valence-corrected chi connectivity index (χ4v) is 2.51. The fraction of sp³-hybridized carbons (Fsp3) is 0.214. The van der Waals surface area contributed by atoms with E-state index in [1.807, 2.05) is 6.07 Å². The molecule has 92 valence electrons. The number of hydrogen-bond donors (Lipinski definition) is 1. The summed E-state index contributed by atoms with van der Waals surface area (Å²) in [7, 11) is 0. The standard InChI is InChI=1S/C14H12ClNO2/c15-11-4-6-12(7-5-11)16-13(17)9-2-1-3-10(8-9)14(16)18/h4-8,17H,1-3H2. The van der Waals surface area contributed by atoms with Gasteiger partial charge in [0.05, 0.1) is 5.69 Å². The molecule has 0 radical (unpaired) electrons. The highest BCUT2D eigenvalue weighted by atomic mass is 35.5. The maximum absolute atomic E-state index is 12.3. The predicted octanol–water partition coefficient (Wildman–Crippen LogP) is 2.69. The van der Waals surface area contributed by atoms with Crippen molar-refractivity contribution in [3.05, 3.63) is 56.8 Å². The topological polar surface area (TPSA) is 42.2 Å². The van der Waals surface area contributed by atoms with Crippen LogP contribution in [0.1, 0.15) is 17.5 Å². The molecule has 0 saturated carbocycles. The first-order valence-electron chi connectivity index (χ1n) is 5.89. The summed E-state index contributed by atoms with van der Waals surface area (Å²) in [5.41, 5.74) is 2.11. The highest BCUT2D eigenvalue weighted by Crippen LogP contribution is 2.26. The molecular weight excluding hydrogens is 250 g/mol. The number of aromatic hydroxyl groups is 1. The summed E-state index contributed by atoms with van der Waals surface area (Å²) in [6.45, 7) is 0. The third-order valence-electron chi connectivity index (χ3n) is 3.30. The summed E-state index contributed by atoms with van der Waals surface area (Å²) >= 11 is 5.83. The van der Waals surface area contributed by atoms with E-state index in [0.29, 0.717) is 10.7 Å². The second-order valence-corrected chi connectivity index (χ2v) is 4.93. The van der Waals surface area contributed by atoms with Gasteiger partial charge in [0.2, 0.25) is 5.88 Å². The molecule has 1 heterocycles. The summed E-state index contributed by atoms with van der Waals surface area (Å²) < 4.78 is 1.36. The van der Waals surface area contributed by atoms with Crippen LogP contribution in [0.3, 0.4) is 0 Å². The van der Waals surface area contributed by atoms with Crippen LogP contribution in [-0.2, 0) is 12.8 Å². The second-order valence-electron chi connectivity index (χ2n) is 4.49. The Morgan fingerprint density at radius 2 is 1.78 bits per heavy atom. The third kappa shape index (κ3) is 1.71. The van der Waals surface area contributed by atoms with Gasteiger partial charge in [0.1, 0.15) is 0 Å². The van der Waals surface area contributed by atoms with Crippen LogP contribution in [-0.4, -0.2) is 9.67 Å². The lowest BCUT2D eigenvalue weighted by Gasteiger charge is -2.18. The number of halogens is 1. The number of pyridine rings is 1. The van der Waals surface area contributed by atoms with E-state index in [4.69, 9.17) is 11.6 Å². The number of aryl methyl sites for hydroxylation is 2. The molecular formula is C14H12ClNO2. The Balaban J connectivity index is 2.27. The van der Waals surface area contributed by atoms with Crippen LogP contribution >= 0.6 is 11.6 Å². The summed E-state index contributed by atoms with van der Waals surface area (Å²) in [5.74, 6) is 0.0470. The zero-order valence-electron chi connectivity index (χ0n) is 9.69. The molecule has 1 N–H and O–H groups in total. The number of hydrogen-bond acceptors (Lipinski definition) is 2. The van der Waals surface area contributed by atoms with Gasteiger partial charge in [-0.15, -0.1) is 0 Å². The van der Waals surface area contributed by atoms with Crippen LogP contribution in [0.2, 0.25) is 5.02 Å². The molecule has 0 aliphatic heterocycles. The molecule has 0 spiro atoms. The van der Waals surface area contributed by atoms with Gasteiger partial charge in [-0.05, 0) is 49.6 Å². The first kappa shape index (κ1) is 11.4. The lowest BCUT2D eigenvalue weighted by atomic mass is 9.97. The number of fused-ring (bicyclic) bond motifs is 2. The number of aromatic nitrogens is 1. The van der Waals surface area contributed by atoms with Gasteiger partial charge in [0.15, 0.2) is 0 Å². The van der Waals surface area contributed by atoms with Gasteiger partial charge in [-0.1, -0.05) is 11.6 Å². The molecule has 4 heteroatoms.